The first-order valence-corrected chi connectivity index (χ1v) is 20.8. The largest absolute Gasteiger partial charge is 0.454 e. The molecule has 0 saturated heterocycles. The Balaban J connectivity index is 1.30. The van der Waals surface area contributed by atoms with Gasteiger partial charge in [0.25, 0.3) is 0 Å². The molecule has 0 fully saturated rings. The van der Waals surface area contributed by atoms with Gasteiger partial charge in [-0.05, 0) is 73.5 Å². The molecular formula is C56H34F2N2O2. The van der Waals surface area contributed by atoms with Crippen LogP contribution in [0.25, 0.3) is 121 Å². The summed E-state index contributed by atoms with van der Waals surface area (Å²) in [5.41, 5.74) is 11.8. The Kier molecular flexibility index (Phi) is 7.18. The minimum atomic E-state index is -0.386. The molecule has 0 N–H and O–H groups in total. The van der Waals surface area contributed by atoms with Crippen LogP contribution in [0.1, 0.15) is 11.1 Å². The van der Waals surface area contributed by atoms with E-state index in [-0.39, 0.29) is 11.6 Å². The van der Waals surface area contributed by atoms with E-state index >= 15 is 8.78 Å². The first-order chi connectivity index (χ1) is 30.5. The molecule has 4 heterocycles. The molecule has 0 spiro atoms. The van der Waals surface area contributed by atoms with Crippen LogP contribution in [0.4, 0.5) is 8.78 Å². The van der Waals surface area contributed by atoms with Crippen LogP contribution in [-0.2, 0) is 0 Å². The summed E-state index contributed by atoms with van der Waals surface area (Å²) in [5.74, 6) is -0.773. The van der Waals surface area contributed by atoms with Gasteiger partial charge in [-0.1, -0.05) is 121 Å². The van der Waals surface area contributed by atoms with E-state index in [1.807, 2.05) is 84.9 Å². The molecule has 0 amide bonds. The van der Waals surface area contributed by atoms with Crippen LogP contribution >= 0.6 is 0 Å². The Hall–Kier alpha value is -7.96. The zero-order chi connectivity index (χ0) is 41.4. The van der Waals surface area contributed by atoms with Gasteiger partial charge in [-0.25, -0.2) is 8.78 Å². The van der Waals surface area contributed by atoms with Crippen molar-refractivity contribution < 1.29 is 17.6 Å². The van der Waals surface area contributed by atoms with Gasteiger partial charge in [0.05, 0.1) is 33.4 Å². The number of fused-ring (bicyclic) bond motifs is 14. The highest BCUT2D eigenvalue weighted by Crippen LogP contribution is 2.51. The van der Waals surface area contributed by atoms with Crippen molar-refractivity contribution in [3.05, 3.63) is 193 Å². The van der Waals surface area contributed by atoms with Gasteiger partial charge in [0, 0.05) is 65.3 Å². The van der Waals surface area contributed by atoms with E-state index in [0.717, 1.165) is 98.7 Å². The molecule has 0 aliphatic rings. The number of hydrogen-bond donors (Lipinski definition) is 0. The minimum Gasteiger partial charge on any atom is -0.454 e. The number of nitrogens with zero attached hydrogens (tertiary/aromatic N) is 2. The van der Waals surface area contributed by atoms with Crippen molar-refractivity contribution in [2.75, 3.05) is 0 Å². The highest BCUT2D eigenvalue weighted by molar-refractivity contribution is 6.24. The highest BCUT2D eigenvalue weighted by Gasteiger charge is 2.31. The molecule has 0 saturated carbocycles. The molecule has 62 heavy (non-hydrogen) atoms. The third-order valence-corrected chi connectivity index (χ3v) is 13.0. The number of aromatic nitrogens is 2. The highest BCUT2D eigenvalue weighted by atomic mass is 19.1. The van der Waals surface area contributed by atoms with Gasteiger partial charge in [-0.3, -0.25) is 0 Å². The van der Waals surface area contributed by atoms with Crippen molar-refractivity contribution in [2.45, 2.75) is 13.8 Å². The van der Waals surface area contributed by atoms with Gasteiger partial charge in [0.2, 0.25) is 0 Å². The lowest BCUT2D eigenvalue weighted by atomic mass is 9.86. The minimum absolute atomic E-state index is 0.386. The van der Waals surface area contributed by atoms with Crippen molar-refractivity contribution in [1.29, 1.82) is 0 Å². The molecular weight excluding hydrogens is 771 g/mol. The summed E-state index contributed by atoms with van der Waals surface area (Å²) < 4.78 is 52.1. The van der Waals surface area contributed by atoms with E-state index < -0.39 is 0 Å². The van der Waals surface area contributed by atoms with Gasteiger partial charge >= 0.3 is 0 Å². The van der Waals surface area contributed by atoms with Gasteiger partial charge in [-0.15, -0.1) is 0 Å². The number of hydrogen-bond acceptors (Lipinski definition) is 2. The average Bonchev–Trinajstić information content (AvgIpc) is 4.05. The number of benzene rings is 9. The van der Waals surface area contributed by atoms with E-state index in [9.17, 15) is 0 Å². The van der Waals surface area contributed by atoms with E-state index in [0.29, 0.717) is 33.5 Å². The monoisotopic (exact) mass is 804 g/mol. The fourth-order valence-corrected chi connectivity index (χ4v) is 10.5. The number of para-hydroxylation sites is 4. The molecule has 9 aromatic carbocycles. The zero-order valence-electron chi connectivity index (χ0n) is 33.6. The van der Waals surface area contributed by atoms with Crippen molar-refractivity contribution in [3.8, 4) is 33.6 Å². The predicted molar refractivity (Wildman–Crippen MR) is 250 cm³/mol. The standard InChI is InChI=1S/C56H34F2N2O2/c1-31-49(41-19-3-9-21-43(41)57)54(60-46-24-12-6-16-34(46)38-28-30-40-36-18-8-14-26-48(36)62-56(40)53(38)60)50(42-20-4-10-22-44(42)58)32(2)51(31)59-45-23-11-5-15-33(45)37-27-29-39-35-17-7-13-25-47(35)61-55(39)52(37)59/h3-30H,1-2H3. The lowest BCUT2D eigenvalue weighted by Gasteiger charge is -2.27. The predicted octanol–water partition coefficient (Wildman–Crippen LogP) is 15.9. The molecule has 4 nitrogen and oxygen atoms in total. The Labute approximate surface area is 353 Å². The first kappa shape index (κ1) is 34.9. The van der Waals surface area contributed by atoms with Crippen LogP contribution in [0, 0.1) is 25.5 Å². The van der Waals surface area contributed by atoms with Gasteiger partial charge in [0.1, 0.15) is 22.8 Å². The maximum Gasteiger partial charge on any atom is 0.160 e. The Morgan fingerprint density at radius 3 is 1.19 bits per heavy atom. The third kappa shape index (κ3) is 4.58. The lowest BCUT2D eigenvalue weighted by Crippen LogP contribution is -2.11. The van der Waals surface area contributed by atoms with Gasteiger partial charge < -0.3 is 18.0 Å². The van der Waals surface area contributed by atoms with Crippen LogP contribution in [0.5, 0.6) is 0 Å². The van der Waals surface area contributed by atoms with E-state index in [2.05, 4.69) is 83.6 Å². The van der Waals surface area contributed by atoms with Crippen LogP contribution in [-0.4, -0.2) is 9.13 Å². The van der Waals surface area contributed by atoms with Crippen LogP contribution in [0.2, 0.25) is 0 Å². The summed E-state index contributed by atoms with van der Waals surface area (Å²) in [6.07, 6.45) is 0. The Morgan fingerprint density at radius 1 is 0.355 bits per heavy atom. The van der Waals surface area contributed by atoms with Crippen molar-refractivity contribution in [2.24, 2.45) is 0 Å². The SMILES string of the molecule is Cc1c(-c2ccccc2F)c(-n2c3ccccc3c3ccc4c5ccccc5oc4c32)c(-c2ccccc2F)c(C)c1-n1c2ccccc2c2ccc3c4ccccc4oc3c21. The van der Waals surface area contributed by atoms with Crippen molar-refractivity contribution >= 4 is 87.5 Å². The molecule has 4 aromatic heterocycles. The smallest absolute Gasteiger partial charge is 0.160 e. The summed E-state index contributed by atoms with van der Waals surface area (Å²) >= 11 is 0. The zero-order valence-corrected chi connectivity index (χ0v) is 33.6. The Bertz CT molecular complexity index is 3980. The lowest BCUT2D eigenvalue weighted by molar-refractivity contribution is 0.630. The van der Waals surface area contributed by atoms with E-state index in [1.54, 1.807) is 12.1 Å². The summed E-state index contributed by atoms with van der Waals surface area (Å²) in [7, 11) is 0. The summed E-state index contributed by atoms with van der Waals surface area (Å²) in [6, 6.07) is 55.1. The maximum absolute atomic E-state index is 17.0. The molecule has 6 heteroatoms. The number of rotatable bonds is 4. The third-order valence-electron chi connectivity index (χ3n) is 13.0. The second-order valence-corrected chi connectivity index (χ2v) is 16.2. The van der Waals surface area contributed by atoms with E-state index in [1.165, 1.54) is 12.1 Å². The van der Waals surface area contributed by atoms with Crippen LogP contribution < -0.4 is 0 Å². The fraction of sp³-hybridized carbons (Fsp3) is 0.0357. The molecule has 0 radical (unpaired) electrons. The van der Waals surface area contributed by atoms with Gasteiger partial charge in [0.15, 0.2) is 11.2 Å². The van der Waals surface area contributed by atoms with E-state index in [4.69, 9.17) is 8.83 Å². The molecule has 0 atom stereocenters. The summed E-state index contributed by atoms with van der Waals surface area (Å²) in [4.78, 5) is 0. The number of furan rings is 2. The summed E-state index contributed by atoms with van der Waals surface area (Å²) in [5, 5.41) is 8.00. The topological polar surface area (TPSA) is 36.1 Å². The molecule has 0 aliphatic heterocycles. The molecule has 0 unspecified atom stereocenters. The first-order valence-electron chi connectivity index (χ1n) is 20.8. The fourth-order valence-electron chi connectivity index (χ4n) is 10.5. The van der Waals surface area contributed by atoms with Crippen LogP contribution in [0.3, 0.4) is 0 Å². The van der Waals surface area contributed by atoms with Gasteiger partial charge in [-0.2, -0.15) is 0 Å². The second kappa shape index (κ2) is 12.8. The van der Waals surface area contributed by atoms with Crippen LogP contribution in [0.15, 0.2) is 179 Å². The summed E-state index contributed by atoms with van der Waals surface area (Å²) in [6.45, 7) is 4.14. The average molecular weight is 805 g/mol. The number of halogens is 2. The molecule has 13 rings (SSSR count). The molecule has 0 aliphatic carbocycles. The Morgan fingerprint density at radius 2 is 0.726 bits per heavy atom. The molecule has 0 bridgehead atoms. The quantitative estimate of drug-likeness (QED) is 0.178. The second-order valence-electron chi connectivity index (χ2n) is 16.2. The molecule has 13 aromatic rings. The maximum atomic E-state index is 17.0. The molecule has 294 valence electrons. The van der Waals surface area contributed by atoms with Crippen molar-refractivity contribution in [1.82, 2.24) is 9.13 Å². The normalized spacial score (nSPS) is 12.2. The van der Waals surface area contributed by atoms with Crippen molar-refractivity contribution in [3.63, 3.8) is 0 Å².